The molecule has 0 aliphatic carbocycles. The number of hydrogen-bond acceptors (Lipinski definition) is 5. The second-order valence-corrected chi connectivity index (χ2v) is 9.33. The minimum Gasteiger partial charge on any atom is -0.304 e. The molecule has 0 aromatic carbocycles. The predicted octanol–water partition coefficient (Wildman–Crippen LogP) is 1.56. The van der Waals surface area contributed by atoms with Crippen molar-refractivity contribution < 1.29 is 8.42 Å². The van der Waals surface area contributed by atoms with Gasteiger partial charge < -0.3 is 9.80 Å². The number of nitrogens with one attached hydrogen (secondary N) is 1. The normalized spacial score (nSPS) is 19.8. The van der Waals surface area contributed by atoms with Crippen molar-refractivity contribution in [2.45, 2.75) is 11.1 Å². The van der Waals surface area contributed by atoms with Crippen LogP contribution in [0.2, 0.25) is 4.34 Å². The van der Waals surface area contributed by atoms with Gasteiger partial charge in [-0.3, -0.25) is 0 Å². The van der Waals surface area contributed by atoms with E-state index < -0.39 is 10.0 Å². The minimum absolute atomic E-state index is 0.276. The van der Waals surface area contributed by atoms with Gasteiger partial charge in [-0.25, -0.2) is 13.1 Å². The molecular weight excluding hydrogens is 330 g/mol. The Bertz CT molecular complexity index is 554. The number of thiophene rings is 1. The monoisotopic (exact) mass is 351 g/mol. The third-order valence-electron chi connectivity index (χ3n) is 3.60. The lowest BCUT2D eigenvalue weighted by molar-refractivity contribution is 0.139. The maximum absolute atomic E-state index is 12.1. The van der Waals surface area contributed by atoms with Gasteiger partial charge in [0.15, 0.2) is 0 Å². The van der Waals surface area contributed by atoms with Crippen LogP contribution in [-0.4, -0.2) is 64.5 Å². The smallest absolute Gasteiger partial charge is 0.250 e. The quantitative estimate of drug-likeness (QED) is 0.845. The molecule has 1 aromatic rings. The van der Waals surface area contributed by atoms with Gasteiger partial charge in [0.05, 0.1) is 4.34 Å². The van der Waals surface area contributed by atoms with Crippen molar-refractivity contribution in [3.63, 3.8) is 0 Å². The fourth-order valence-corrected chi connectivity index (χ4v) is 4.99. The number of likely N-dealkylation sites (N-methyl/N-ethyl adjacent to an activating group) is 1. The summed E-state index contributed by atoms with van der Waals surface area (Å²) in [6.45, 7) is 7.69. The molecule has 5 nitrogen and oxygen atoms in total. The van der Waals surface area contributed by atoms with Crippen LogP contribution in [-0.2, 0) is 10.0 Å². The molecule has 1 saturated heterocycles. The van der Waals surface area contributed by atoms with E-state index in [1.165, 1.54) is 0 Å². The molecule has 0 radical (unpaired) electrons. The molecule has 1 aliphatic rings. The lowest BCUT2D eigenvalue weighted by Gasteiger charge is -2.33. The third-order valence-corrected chi connectivity index (χ3v) is 6.75. The maximum Gasteiger partial charge on any atom is 0.250 e. The number of sulfonamides is 1. The number of rotatable bonds is 6. The molecule has 2 rings (SSSR count). The van der Waals surface area contributed by atoms with E-state index in [2.05, 4.69) is 28.5 Å². The maximum atomic E-state index is 12.1. The summed E-state index contributed by atoms with van der Waals surface area (Å²) in [5, 5.41) is 0. The summed E-state index contributed by atoms with van der Waals surface area (Å²) in [6.07, 6.45) is 0. The molecule has 0 saturated carbocycles. The van der Waals surface area contributed by atoms with Gasteiger partial charge in [0.1, 0.15) is 4.21 Å². The standard InChI is InChI=1S/C13H22ClN3O2S2/c1-11(10-17-7-5-16(2)6-8-17)9-15-21(18,19)13-4-3-12(14)20-13/h3-4,11,15H,5-10H2,1-2H3. The fourth-order valence-electron chi connectivity index (χ4n) is 2.30. The molecule has 120 valence electrons. The van der Waals surface area contributed by atoms with Crippen molar-refractivity contribution >= 4 is 33.0 Å². The number of piperazine rings is 1. The third kappa shape index (κ3) is 5.19. The second kappa shape index (κ2) is 7.39. The molecule has 1 aliphatic heterocycles. The summed E-state index contributed by atoms with van der Waals surface area (Å²) >= 11 is 6.87. The van der Waals surface area contributed by atoms with Crippen molar-refractivity contribution in [2.24, 2.45) is 5.92 Å². The molecular formula is C13H22ClN3O2S2. The zero-order valence-electron chi connectivity index (χ0n) is 12.4. The highest BCUT2D eigenvalue weighted by molar-refractivity contribution is 7.91. The van der Waals surface area contributed by atoms with Crippen molar-refractivity contribution in [3.05, 3.63) is 16.5 Å². The van der Waals surface area contributed by atoms with Gasteiger partial charge in [-0.15, -0.1) is 11.3 Å². The Kier molecular flexibility index (Phi) is 6.05. The zero-order chi connectivity index (χ0) is 15.5. The van der Waals surface area contributed by atoms with E-state index in [0.717, 1.165) is 44.1 Å². The molecule has 1 aromatic heterocycles. The van der Waals surface area contributed by atoms with Gasteiger partial charge in [0.25, 0.3) is 0 Å². The summed E-state index contributed by atoms with van der Waals surface area (Å²) in [4.78, 5) is 4.70. The number of nitrogens with zero attached hydrogens (tertiary/aromatic N) is 2. The SMILES string of the molecule is CC(CNS(=O)(=O)c1ccc(Cl)s1)CN1CCN(C)CC1. The van der Waals surface area contributed by atoms with Gasteiger partial charge in [0.2, 0.25) is 10.0 Å². The highest BCUT2D eigenvalue weighted by Gasteiger charge is 2.20. The Hall–Kier alpha value is -0.180. The highest BCUT2D eigenvalue weighted by atomic mass is 35.5. The van der Waals surface area contributed by atoms with E-state index in [4.69, 9.17) is 11.6 Å². The predicted molar refractivity (Wildman–Crippen MR) is 87.6 cm³/mol. The first kappa shape index (κ1) is 17.2. The summed E-state index contributed by atoms with van der Waals surface area (Å²) in [7, 11) is -1.30. The minimum atomic E-state index is -3.43. The Morgan fingerprint density at radius 3 is 2.57 bits per heavy atom. The molecule has 0 spiro atoms. The van der Waals surface area contributed by atoms with Crippen LogP contribution in [0, 0.1) is 5.92 Å². The Labute approximate surface area is 135 Å². The topological polar surface area (TPSA) is 52.7 Å². The van der Waals surface area contributed by atoms with Crippen LogP contribution in [0.5, 0.6) is 0 Å². The van der Waals surface area contributed by atoms with Gasteiger partial charge in [-0.05, 0) is 25.1 Å². The van der Waals surface area contributed by atoms with E-state index in [-0.39, 0.29) is 10.1 Å². The first-order valence-corrected chi connectivity index (χ1v) is 9.70. The van der Waals surface area contributed by atoms with Crippen molar-refractivity contribution in [2.75, 3.05) is 46.3 Å². The van der Waals surface area contributed by atoms with E-state index in [1.54, 1.807) is 12.1 Å². The van der Waals surface area contributed by atoms with E-state index in [0.29, 0.717) is 10.9 Å². The molecule has 8 heteroatoms. The van der Waals surface area contributed by atoms with E-state index in [9.17, 15) is 8.42 Å². The molecule has 0 amide bonds. The number of halogens is 1. The van der Waals surface area contributed by atoms with E-state index in [1.807, 2.05) is 0 Å². The average molecular weight is 352 g/mol. The van der Waals surface area contributed by atoms with Crippen LogP contribution >= 0.6 is 22.9 Å². The molecule has 0 bridgehead atoms. The van der Waals surface area contributed by atoms with Crippen molar-refractivity contribution in [3.8, 4) is 0 Å². The van der Waals surface area contributed by atoms with Crippen LogP contribution in [0.1, 0.15) is 6.92 Å². The van der Waals surface area contributed by atoms with Gasteiger partial charge >= 0.3 is 0 Å². The summed E-state index contributed by atoms with van der Waals surface area (Å²) in [5.74, 6) is 0.276. The van der Waals surface area contributed by atoms with Crippen molar-refractivity contribution in [1.29, 1.82) is 0 Å². The van der Waals surface area contributed by atoms with Crippen LogP contribution in [0.25, 0.3) is 0 Å². The molecule has 1 atom stereocenters. The first-order chi connectivity index (χ1) is 9.87. The molecule has 1 unspecified atom stereocenters. The van der Waals surface area contributed by atoms with Gasteiger partial charge in [-0.2, -0.15) is 0 Å². The molecule has 2 heterocycles. The van der Waals surface area contributed by atoms with Crippen LogP contribution in [0.15, 0.2) is 16.3 Å². The van der Waals surface area contributed by atoms with E-state index >= 15 is 0 Å². The van der Waals surface area contributed by atoms with Crippen LogP contribution in [0.3, 0.4) is 0 Å². The Balaban J connectivity index is 1.79. The first-order valence-electron chi connectivity index (χ1n) is 7.03. The molecule has 1 N–H and O–H groups in total. The van der Waals surface area contributed by atoms with Crippen molar-refractivity contribution in [1.82, 2.24) is 14.5 Å². The highest BCUT2D eigenvalue weighted by Crippen LogP contribution is 2.25. The Morgan fingerprint density at radius 2 is 2.00 bits per heavy atom. The summed E-state index contributed by atoms with van der Waals surface area (Å²) in [6, 6.07) is 3.15. The lowest BCUT2D eigenvalue weighted by atomic mass is 10.1. The zero-order valence-corrected chi connectivity index (χ0v) is 14.8. The average Bonchev–Trinajstić information content (AvgIpc) is 2.87. The molecule has 21 heavy (non-hydrogen) atoms. The number of hydrogen-bond donors (Lipinski definition) is 1. The molecule has 1 fully saturated rings. The largest absolute Gasteiger partial charge is 0.304 e. The summed E-state index contributed by atoms with van der Waals surface area (Å²) < 4.78 is 27.6. The van der Waals surface area contributed by atoms with Crippen LogP contribution in [0.4, 0.5) is 0 Å². The fraction of sp³-hybridized carbons (Fsp3) is 0.692. The summed E-state index contributed by atoms with van der Waals surface area (Å²) in [5.41, 5.74) is 0. The lowest BCUT2D eigenvalue weighted by Crippen LogP contribution is -2.46. The second-order valence-electron chi connectivity index (χ2n) is 5.62. The van der Waals surface area contributed by atoms with Gasteiger partial charge in [0, 0.05) is 39.3 Å². The van der Waals surface area contributed by atoms with Crippen LogP contribution < -0.4 is 4.72 Å². The van der Waals surface area contributed by atoms with Gasteiger partial charge in [-0.1, -0.05) is 18.5 Å². The Morgan fingerprint density at radius 1 is 1.33 bits per heavy atom.